The first-order valence-electron chi connectivity index (χ1n) is 6.68. The van der Waals surface area contributed by atoms with E-state index in [1.54, 1.807) is 4.68 Å². The minimum atomic E-state index is 0.174. The first-order valence-corrected chi connectivity index (χ1v) is 7.47. The lowest BCUT2D eigenvalue weighted by Crippen LogP contribution is -2.18. The number of aliphatic hydroxyl groups is 1. The third kappa shape index (κ3) is 4.40. The van der Waals surface area contributed by atoms with Crippen LogP contribution >= 0.6 is 15.9 Å². The summed E-state index contributed by atoms with van der Waals surface area (Å²) in [4.78, 5) is 0. The lowest BCUT2D eigenvalue weighted by Gasteiger charge is -2.13. The van der Waals surface area contributed by atoms with E-state index in [0.717, 1.165) is 10.2 Å². The van der Waals surface area contributed by atoms with Crippen molar-refractivity contribution in [2.24, 2.45) is 0 Å². The average molecular weight is 339 g/mol. The smallest absolute Gasteiger partial charge is 0.0965 e. The van der Waals surface area contributed by atoms with Crippen molar-refractivity contribution in [3.63, 3.8) is 0 Å². The molecule has 0 radical (unpaired) electrons. The number of hydrogen-bond donors (Lipinski definition) is 2. The van der Waals surface area contributed by atoms with E-state index in [4.69, 9.17) is 5.11 Å². The van der Waals surface area contributed by atoms with Gasteiger partial charge in [-0.1, -0.05) is 33.3 Å². The summed E-state index contributed by atoms with van der Waals surface area (Å²) in [5.74, 6) is 0. The predicted molar refractivity (Wildman–Crippen MR) is 81.1 cm³/mol. The summed E-state index contributed by atoms with van der Waals surface area (Å²) >= 11 is 3.48. The van der Waals surface area contributed by atoms with Gasteiger partial charge in [0.05, 0.1) is 5.69 Å². The molecule has 2 N–H and O–H groups in total. The molecule has 2 aromatic rings. The molecule has 0 unspecified atom stereocenters. The molecular formula is C14H19BrN4O. The van der Waals surface area contributed by atoms with Crippen molar-refractivity contribution in [3.05, 3.63) is 46.2 Å². The SMILES string of the molecule is C[C@H](NCc1cn(CCCO)nn1)c1cccc(Br)c1. The summed E-state index contributed by atoms with van der Waals surface area (Å²) in [6.45, 7) is 3.67. The molecule has 0 bridgehead atoms. The van der Waals surface area contributed by atoms with Gasteiger partial charge in [-0.15, -0.1) is 5.10 Å². The van der Waals surface area contributed by atoms with Crippen molar-refractivity contribution >= 4 is 15.9 Å². The number of hydrogen-bond acceptors (Lipinski definition) is 4. The standard InChI is InChI=1S/C14H19BrN4O/c1-11(12-4-2-5-13(15)8-12)16-9-14-10-19(18-17-14)6-3-7-20/h2,4-5,8,10-11,16,20H,3,6-7,9H2,1H3/t11-/m0/s1. The first kappa shape index (κ1) is 15.2. The van der Waals surface area contributed by atoms with Gasteiger partial charge in [-0.05, 0) is 31.0 Å². The van der Waals surface area contributed by atoms with Gasteiger partial charge in [0, 0.05) is 36.4 Å². The van der Waals surface area contributed by atoms with Crippen molar-refractivity contribution < 1.29 is 5.11 Å². The predicted octanol–water partition coefficient (Wildman–Crippen LogP) is 2.27. The molecule has 0 spiro atoms. The van der Waals surface area contributed by atoms with Crippen LogP contribution in [0.25, 0.3) is 0 Å². The molecule has 1 aromatic carbocycles. The second-order valence-corrected chi connectivity index (χ2v) is 5.62. The van der Waals surface area contributed by atoms with Crippen molar-refractivity contribution in [3.8, 4) is 0 Å². The van der Waals surface area contributed by atoms with E-state index in [9.17, 15) is 0 Å². The molecule has 108 valence electrons. The zero-order valence-electron chi connectivity index (χ0n) is 11.5. The van der Waals surface area contributed by atoms with Gasteiger partial charge >= 0.3 is 0 Å². The number of aryl methyl sites for hydroxylation is 1. The van der Waals surface area contributed by atoms with Crippen LogP contribution in [0.2, 0.25) is 0 Å². The molecule has 0 aliphatic rings. The number of rotatable bonds is 7. The Morgan fingerprint density at radius 1 is 1.45 bits per heavy atom. The fourth-order valence-corrected chi connectivity index (χ4v) is 2.33. The molecule has 2 rings (SSSR count). The van der Waals surface area contributed by atoms with Crippen LogP contribution in [0.3, 0.4) is 0 Å². The van der Waals surface area contributed by atoms with Gasteiger partial charge in [-0.3, -0.25) is 4.68 Å². The van der Waals surface area contributed by atoms with Gasteiger partial charge in [0.1, 0.15) is 0 Å². The minimum absolute atomic E-state index is 0.174. The molecule has 0 saturated heterocycles. The maximum absolute atomic E-state index is 8.78. The molecule has 1 heterocycles. The van der Waals surface area contributed by atoms with E-state index in [1.165, 1.54) is 5.56 Å². The van der Waals surface area contributed by atoms with Gasteiger partial charge < -0.3 is 10.4 Å². The number of nitrogens with one attached hydrogen (secondary N) is 1. The summed E-state index contributed by atoms with van der Waals surface area (Å²) in [5, 5.41) is 20.3. The molecule has 0 amide bonds. The average Bonchev–Trinajstić information content (AvgIpc) is 2.90. The summed E-state index contributed by atoms with van der Waals surface area (Å²) in [7, 11) is 0. The minimum Gasteiger partial charge on any atom is -0.396 e. The highest BCUT2D eigenvalue weighted by atomic mass is 79.9. The molecule has 5 nitrogen and oxygen atoms in total. The number of benzene rings is 1. The third-order valence-electron chi connectivity index (χ3n) is 3.07. The molecule has 6 heteroatoms. The van der Waals surface area contributed by atoms with E-state index in [0.29, 0.717) is 19.5 Å². The molecular weight excluding hydrogens is 320 g/mol. The fraction of sp³-hybridized carbons (Fsp3) is 0.429. The van der Waals surface area contributed by atoms with Crippen molar-refractivity contribution in [2.75, 3.05) is 6.61 Å². The van der Waals surface area contributed by atoms with Crippen molar-refractivity contribution in [2.45, 2.75) is 32.5 Å². The van der Waals surface area contributed by atoms with Gasteiger partial charge in [0.25, 0.3) is 0 Å². The van der Waals surface area contributed by atoms with Gasteiger partial charge in [-0.2, -0.15) is 0 Å². The lowest BCUT2D eigenvalue weighted by atomic mass is 10.1. The Bertz CT molecular complexity index is 543. The second kappa shape index (κ2) is 7.52. The summed E-state index contributed by atoms with van der Waals surface area (Å²) < 4.78 is 2.84. The van der Waals surface area contributed by atoms with E-state index < -0.39 is 0 Å². The highest BCUT2D eigenvalue weighted by molar-refractivity contribution is 9.10. The third-order valence-corrected chi connectivity index (χ3v) is 3.56. The van der Waals surface area contributed by atoms with Crippen LogP contribution in [-0.2, 0) is 13.1 Å². The quantitative estimate of drug-likeness (QED) is 0.812. The molecule has 0 saturated carbocycles. The van der Waals surface area contributed by atoms with Crippen LogP contribution in [0.5, 0.6) is 0 Å². The van der Waals surface area contributed by atoms with E-state index >= 15 is 0 Å². The Kier molecular flexibility index (Phi) is 5.70. The van der Waals surface area contributed by atoms with Gasteiger partial charge in [0.2, 0.25) is 0 Å². The number of aromatic nitrogens is 3. The summed E-state index contributed by atoms with van der Waals surface area (Å²) in [5.41, 5.74) is 2.14. The topological polar surface area (TPSA) is 63.0 Å². The zero-order valence-corrected chi connectivity index (χ0v) is 13.0. The van der Waals surface area contributed by atoms with Gasteiger partial charge in [-0.25, -0.2) is 0 Å². The summed E-state index contributed by atoms with van der Waals surface area (Å²) in [6.07, 6.45) is 2.61. The van der Waals surface area contributed by atoms with E-state index in [-0.39, 0.29) is 12.6 Å². The Balaban J connectivity index is 1.86. The Hall–Kier alpha value is -1.24. The largest absolute Gasteiger partial charge is 0.396 e. The van der Waals surface area contributed by atoms with Crippen LogP contribution in [0.15, 0.2) is 34.9 Å². The van der Waals surface area contributed by atoms with Crippen LogP contribution in [0.4, 0.5) is 0 Å². The fourth-order valence-electron chi connectivity index (χ4n) is 1.91. The Labute approximate surface area is 127 Å². The lowest BCUT2D eigenvalue weighted by molar-refractivity contribution is 0.276. The molecule has 1 atom stereocenters. The maximum Gasteiger partial charge on any atom is 0.0965 e. The Morgan fingerprint density at radius 3 is 3.05 bits per heavy atom. The monoisotopic (exact) mass is 338 g/mol. The molecule has 0 fully saturated rings. The second-order valence-electron chi connectivity index (χ2n) is 4.71. The molecule has 20 heavy (non-hydrogen) atoms. The summed E-state index contributed by atoms with van der Waals surface area (Å²) in [6, 6.07) is 8.50. The normalized spacial score (nSPS) is 12.6. The van der Waals surface area contributed by atoms with E-state index in [1.807, 2.05) is 18.3 Å². The van der Waals surface area contributed by atoms with E-state index in [2.05, 4.69) is 50.6 Å². The van der Waals surface area contributed by atoms with Crippen LogP contribution in [-0.4, -0.2) is 26.7 Å². The Morgan fingerprint density at radius 2 is 2.30 bits per heavy atom. The van der Waals surface area contributed by atoms with Crippen molar-refractivity contribution in [1.82, 2.24) is 20.3 Å². The molecule has 0 aliphatic carbocycles. The number of nitrogens with zero attached hydrogens (tertiary/aromatic N) is 3. The first-order chi connectivity index (χ1) is 9.69. The number of halogens is 1. The van der Waals surface area contributed by atoms with Gasteiger partial charge in [0.15, 0.2) is 0 Å². The van der Waals surface area contributed by atoms with Crippen LogP contribution in [0, 0.1) is 0 Å². The highest BCUT2D eigenvalue weighted by Gasteiger charge is 2.07. The maximum atomic E-state index is 8.78. The van der Waals surface area contributed by atoms with Crippen LogP contribution < -0.4 is 5.32 Å². The molecule has 0 aliphatic heterocycles. The molecule has 1 aromatic heterocycles. The number of aliphatic hydroxyl groups excluding tert-OH is 1. The highest BCUT2D eigenvalue weighted by Crippen LogP contribution is 2.18. The van der Waals surface area contributed by atoms with Crippen LogP contribution in [0.1, 0.15) is 30.6 Å². The van der Waals surface area contributed by atoms with Crippen molar-refractivity contribution in [1.29, 1.82) is 0 Å². The zero-order chi connectivity index (χ0) is 14.4.